The van der Waals surface area contributed by atoms with Crippen molar-refractivity contribution in [3.8, 4) is 0 Å². The average Bonchev–Trinajstić information content (AvgIpc) is 2.16. The molecule has 2 atom stereocenters. The third-order valence-electron chi connectivity index (χ3n) is 1.43. The van der Waals surface area contributed by atoms with Crippen molar-refractivity contribution in [3.05, 3.63) is 0 Å². The van der Waals surface area contributed by atoms with Gasteiger partial charge in [0.15, 0.2) is 6.29 Å². The molecule has 0 aliphatic carbocycles. The number of ether oxygens (including phenoxy) is 3. The number of nitrogens with one attached hydrogen (secondary N) is 1. The Morgan fingerprint density at radius 2 is 2.12 bits per heavy atom. The highest BCUT2D eigenvalue weighted by Crippen LogP contribution is 1.96. The second-order valence-electron chi connectivity index (χ2n) is 2.98. The van der Waals surface area contributed by atoms with Gasteiger partial charge in [-0.25, -0.2) is 0 Å². The molecule has 0 aromatic carbocycles. The van der Waals surface area contributed by atoms with E-state index in [4.69, 9.17) is 26.0 Å². The molecular formula is C8H17N3O4S2. The lowest BCUT2D eigenvalue weighted by atomic mass is 10.5. The van der Waals surface area contributed by atoms with Crippen LogP contribution in [0.1, 0.15) is 6.92 Å². The summed E-state index contributed by atoms with van der Waals surface area (Å²) < 4.78 is 14.4. The van der Waals surface area contributed by atoms with Crippen LogP contribution in [0, 0.1) is 0 Å². The predicted molar refractivity (Wildman–Crippen MR) is 70.0 cm³/mol. The van der Waals surface area contributed by atoms with Gasteiger partial charge in [0.1, 0.15) is 0 Å². The van der Waals surface area contributed by atoms with Gasteiger partial charge in [0.05, 0.1) is 13.2 Å². The summed E-state index contributed by atoms with van der Waals surface area (Å²) in [6, 6.07) is 0. The summed E-state index contributed by atoms with van der Waals surface area (Å²) in [5.74, 6) is 0. The van der Waals surface area contributed by atoms with Crippen LogP contribution in [0.2, 0.25) is 0 Å². The Bertz CT molecular complexity index is 247. The molecule has 7 nitrogen and oxygen atoms in total. The van der Waals surface area contributed by atoms with Crippen molar-refractivity contribution in [2.75, 3.05) is 19.7 Å². The largest absolute Gasteiger partial charge is 0.442 e. The third-order valence-corrected chi connectivity index (χ3v) is 1.62. The van der Waals surface area contributed by atoms with E-state index in [1.165, 1.54) is 6.92 Å². The van der Waals surface area contributed by atoms with Gasteiger partial charge in [-0.05, 0) is 31.4 Å². The average molecular weight is 283 g/mol. The van der Waals surface area contributed by atoms with E-state index in [1.54, 1.807) is 0 Å². The summed E-state index contributed by atoms with van der Waals surface area (Å²) in [6.45, 7) is 3.58. The quantitative estimate of drug-likeness (QED) is 0.366. The molecule has 1 aliphatic heterocycles. The Kier molecular flexibility index (Phi) is 8.90. The number of nitrogens with two attached hydrogens (primary N) is 2. The Labute approximate surface area is 110 Å². The first-order valence-corrected chi connectivity index (χ1v) is 5.66. The molecule has 0 amide bonds. The van der Waals surface area contributed by atoms with Gasteiger partial charge >= 0.3 is 0 Å². The maximum absolute atomic E-state index is 8.33. The van der Waals surface area contributed by atoms with Gasteiger partial charge < -0.3 is 36.1 Å². The number of hydrogen-bond donors (Lipinski definition) is 4. The fourth-order valence-electron chi connectivity index (χ4n) is 0.915. The number of thiocarbonyl (C=S) groups is 2. The SMILES string of the molecule is CC(O)OC(N)=S.NC(=S)OC1CNCCO1. The lowest BCUT2D eigenvalue weighted by Gasteiger charge is -2.23. The van der Waals surface area contributed by atoms with Crippen LogP contribution in [-0.4, -0.2) is 47.7 Å². The molecule has 2 unspecified atom stereocenters. The Balaban J connectivity index is 0.000000325. The second kappa shape index (κ2) is 9.31. The van der Waals surface area contributed by atoms with Crippen molar-refractivity contribution in [2.45, 2.75) is 19.5 Å². The summed E-state index contributed by atoms with van der Waals surface area (Å²) in [6.07, 6.45) is -1.19. The first-order valence-electron chi connectivity index (χ1n) is 4.84. The minimum Gasteiger partial charge on any atom is -0.442 e. The van der Waals surface area contributed by atoms with Crippen LogP contribution in [0.25, 0.3) is 0 Å². The molecule has 9 heteroatoms. The van der Waals surface area contributed by atoms with Crippen molar-refractivity contribution in [3.63, 3.8) is 0 Å². The first kappa shape index (κ1) is 16.3. The molecule has 0 bridgehead atoms. The molecule has 0 saturated carbocycles. The van der Waals surface area contributed by atoms with Gasteiger partial charge in [-0.15, -0.1) is 0 Å². The lowest BCUT2D eigenvalue weighted by molar-refractivity contribution is -0.101. The van der Waals surface area contributed by atoms with E-state index in [2.05, 4.69) is 34.5 Å². The van der Waals surface area contributed by atoms with Crippen molar-refractivity contribution in [1.29, 1.82) is 0 Å². The van der Waals surface area contributed by atoms with Gasteiger partial charge in [-0.1, -0.05) is 0 Å². The predicted octanol–water partition coefficient (Wildman–Crippen LogP) is -1.22. The highest BCUT2D eigenvalue weighted by Gasteiger charge is 2.13. The zero-order chi connectivity index (χ0) is 13.3. The van der Waals surface area contributed by atoms with Crippen LogP contribution < -0.4 is 16.8 Å². The van der Waals surface area contributed by atoms with Crippen LogP contribution in [-0.2, 0) is 14.2 Å². The van der Waals surface area contributed by atoms with Crippen LogP contribution in [0.15, 0.2) is 0 Å². The van der Waals surface area contributed by atoms with Gasteiger partial charge in [-0.2, -0.15) is 0 Å². The standard InChI is InChI=1S/C5H10N2O2S.C3H7NO2S/c6-5(10)9-4-3-7-1-2-8-4;1-2(5)6-3(4)7/h4,7H,1-3H2,(H2,6,10);2,5H,1H3,(H2,4,7). The molecular weight excluding hydrogens is 266 g/mol. The summed E-state index contributed by atoms with van der Waals surface area (Å²) in [4.78, 5) is 0. The Morgan fingerprint density at radius 1 is 1.47 bits per heavy atom. The first-order chi connectivity index (χ1) is 7.91. The van der Waals surface area contributed by atoms with Gasteiger partial charge in [0.2, 0.25) is 6.29 Å². The van der Waals surface area contributed by atoms with E-state index in [9.17, 15) is 0 Å². The van der Waals surface area contributed by atoms with Crippen LogP contribution >= 0.6 is 24.4 Å². The molecule has 100 valence electrons. The van der Waals surface area contributed by atoms with E-state index < -0.39 is 6.29 Å². The van der Waals surface area contributed by atoms with Gasteiger partial charge in [0, 0.05) is 6.54 Å². The second-order valence-corrected chi connectivity index (χ2v) is 3.78. The molecule has 17 heavy (non-hydrogen) atoms. The zero-order valence-corrected chi connectivity index (χ0v) is 11.1. The lowest BCUT2D eigenvalue weighted by Crippen LogP contribution is -2.41. The van der Waals surface area contributed by atoms with Crippen molar-refractivity contribution in [2.24, 2.45) is 11.5 Å². The Hall–Kier alpha value is -0.740. The minimum atomic E-state index is -0.891. The molecule has 1 aliphatic rings. The van der Waals surface area contributed by atoms with Crippen LogP contribution in [0.5, 0.6) is 0 Å². The number of rotatable bonds is 2. The molecule has 0 radical (unpaired) electrons. The summed E-state index contributed by atoms with van der Waals surface area (Å²) >= 11 is 8.79. The molecule has 1 rings (SSSR count). The van der Waals surface area contributed by atoms with Crippen molar-refractivity contribution < 1.29 is 19.3 Å². The summed E-state index contributed by atoms with van der Waals surface area (Å²) in [5, 5.41) is 11.3. The molecule has 1 fully saturated rings. The van der Waals surface area contributed by atoms with Crippen molar-refractivity contribution in [1.82, 2.24) is 5.32 Å². The van der Waals surface area contributed by atoms with E-state index in [-0.39, 0.29) is 16.6 Å². The fraction of sp³-hybridized carbons (Fsp3) is 0.750. The number of aliphatic hydroxyl groups is 1. The normalized spacial score (nSPS) is 20.5. The highest BCUT2D eigenvalue weighted by molar-refractivity contribution is 7.80. The van der Waals surface area contributed by atoms with Gasteiger partial charge in [-0.3, -0.25) is 0 Å². The van der Waals surface area contributed by atoms with E-state index in [0.717, 1.165) is 6.54 Å². The Morgan fingerprint density at radius 3 is 2.41 bits per heavy atom. The fourth-order valence-corrected chi connectivity index (χ4v) is 1.16. The number of morpholine rings is 1. The van der Waals surface area contributed by atoms with E-state index in [0.29, 0.717) is 13.2 Å². The maximum atomic E-state index is 8.33. The smallest absolute Gasteiger partial charge is 0.256 e. The molecule has 6 N–H and O–H groups in total. The van der Waals surface area contributed by atoms with Gasteiger partial charge in [0.25, 0.3) is 10.3 Å². The van der Waals surface area contributed by atoms with Crippen molar-refractivity contribution >= 4 is 34.8 Å². The van der Waals surface area contributed by atoms with Crippen LogP contribution in [0.4, 0.5) is 0 Å². The summed E-state index contributed by atoms with van der Waals surface area (Å²) in [7, 11) is 0. The number of hydrogen-bond acceptors (Lipinski definition) is 7. The molecule has 0 aromatic rings. The monoisotopic (exact) mass is 283 g/mol. The molecule has 0 aromatic heterocycles. The third kappa shape index (κ3) is 11.5. The maximum Gasteiger partial charge on any atom is 0.256 e. The molecule has 1 heterocycles. The van der Waals surface area contributed by atoms with E-state index in [1.807, 2.05) is 0 Å². The van der Waals surface area contributed by atoms with E-state index >= 15 is 0 Å². The number of aliphatic hydroxyl groups excluding tert-OH is 1. The zero-order valence-electron chi connectivity index (χ0n) is 9.42. The molecule has 1 saturated heterocycles. The highest BCUT2D eigenvalue weighted by atomic mass is 32.1. The van der Waals surface area contributed by atoms with Crippen LogP contribution in [0.3, 0.4) is 0 Å². The topological polar surface area (TPSA) is 112 Å². The summed E-state index contributed by atoms with van der Waals surface area (Å²) in [5.41, 5.74) is 9.97. The minimum absolute atomic E-state index is 0.0358. The molecule has 0 spiro atoms.